The molecule has 8 heteroatoms. The molecular formula is C19H26N4O3S. The fraction of sp³-hybridized carbons (Fsp3) is 0.474. The van der Waals surface area contributed by atoms with Gasteiger partial charge in [0.1, 0.15) is 6.54 Å². The summed E-state index contributed by atoms with van der Waals surface area (Å²) in [5, 5.41) is 11.6. The fourth-order valence-electron chi connectivity index (χ4n) is 2.38. The van der Waals surface area contributed by atoms with Crippen molar-refractivity contribution in [3.63, 3.8) is 0 Å². The zero-order valence-corrected chi connectivity index (χ0v) is 17.2. The molecule has 0 aliphatic carbocycles. The van der Waals surface area contributed by atoms with Crippen molar-refractivity contribution in [2.24, 2.45) is 7.05 Å². The molecule has 0 unspecified atom stereocenters. The molecule has 2 rings (SSSR count). The van der Waals surface area contributed by atoms with Crippen molar-refractivity contribution in [1.29, 1.82) is 0 Å². The van der Waals surface area contributed by atoms with Gasteiger partial charge in [-0.1, -0.05) is 56.8 Å². The zero-order chi connectivity index (χ0) is 20.0. The summed E-state index contributed by atoms with van der Waals surface area (Å²) in [4.78, 5) is 23.1. The van der Waals surface area contributed by atoms with Gasteiger partial charge in [0.25, 0.3) is 0 Å². The first kappa shape index (κ1) is 21.0. The Hall–Kier alpha value is -2.35. The second-order valence-electron chi connectivity index (χ2n) is 7.06. The number of benzene rings is 1. The van der Waals surface area contributed by atoms with Gasteiger partial charge < -0.3 is 14.6 Å². The molecule has 0 fully saturated rings. The molecule has 0 saturated carbocycles. The van der Waals surface area contributed by atoms with Crippen molar-refractivity contribution in [3.05, 3.63) is 29.8 Å². The van der Waals surface area contributed by atoms with Crippen molar-refractivity contribution in [3.8, 4) is 11.4 Å². The van der Waals surface area contributed by atoms with Crippen LogP contribution in [0.3, 0.4) is 0 Å². The summed E-state index contributed by atoms with van der Waals surface area (Å²) in [7, 11) is 1.87. The third-order valence-corrected chi connectivity index (χ3v) is 4.93. The third kappa shape index (κ3) is 5.82. The van der Waals surface area contributed by atoms with Gasteiger partial charge in [-0.05, 0) is 17.9 Å². The standard InChI is InChI=1S/C19H26N4O3S/c1-6-26-16(25)11-20-15(24)12-27-18-22-21-17(23(18)5)13-7-9-14(10-8-13)19(2,3)4/h7-10H,6,11-12H2,1-5H3,(H,20,24). The van der Waals surface area contributed by atoms with Crippen molar-refractivity contribution < 1.29 is 14.3 Å². The lowest BCUT2D eigenvalue weighted by atomic mass is 9.87. The molecule has 1 aromatic heterocycles. The molecule has 7 nitrogen and oxygen atoms in total. The fourth-order valence-corrected chi connectivity index (χ4v) is 3.12. The molecule has 1 aromatic carbocycles. The number of thioether (sulfide) groups is 1. The zero-order valence-electron chi connectivity index (χ0n) is 16.4. The van der Waals surface area contributed by atoms with Crippen LogP contribution in [0.2, 0.25) is 0 Å². The normalized spacial score (nSPS) is 11.3. The second-order valence-corrected chi connectivity index (χ2v) is 8.01. The van der Waals surface area contributed by atoms with Crippen molar-refractivity contribution in [2.75, 3.05) is 18.9 Å². The second kappa shape index (κ2) is 9.03. The monoisotopic (exact) mass is 390 g/mol. The summed E-state index contributed by atoms with van der Waals surface area (Å²) in [6.45, 7) is 8.40. The van der Waals surface area contributed by atoms with E-state index in [0.717, 1.165) is 11.4 Å². The minimum absolute atomic E-state index is 0.0936. The molecule has 0 aliphatic heterocycles. The number of aromatic nitrogens is 3. The largest absolute Gasteiger partial charge is 0.465 e. The molecule has 0 bridgehead atoms. The van der Waals surface area contributed by atoms with E-state index in [2.05, 4.69) is 48.4 Å². The highest BCUT2D eigenvalue weighted by Gasteiger charge is 2.16. The highest BCUT2D eigenvalue weighted by Crippen LogP contribution is 2.26. The smallest absolute Gasteiger partial charge is 0.325 e. The number of rotatable bonds is 7. The van der Waals surface area contributed by atoms with Gasteiger partial charge >= 0.3 is 5.97 Å². The van der Waals surface area contributed by atoms with Gasteiger partial charge in [-0.25, -0.2) is 0 Å². The number of carbonyl (C=O) groups excluding carboxylic acids is 2. The Morgan fingerprint density at radius 3 is 2.44 bits per heavy atom. The van der Waals surface area contributed by atoms with Gasteiger partial charge in [-0.15, -0.1) is 10.2 Å². The van der Waals surface area contributed by atoms with Crippen LogP contribution >= 0.6 is 11.8 Å². The molecule has 27 heavy (non-hydrogen) atoms. The molecule has 0 atom stereocenters. The average Bonchev–Trinajstić information content (AvgIpc) is 2.98. The average molecular weight is 391 g/mol. The van der Waals surface area contributed by atoms with Crippen LogP contribution < -0.4 is 5.32 Å². The van der Waals surface area contributed by atoms with E-state index in [1.165, 1.54) is 17.3 Å². The predicted molar refractivity (Wildman–Crippen MR) is 106 cm³/mol. The lowest BCUT2D eigenvalue weighted by molar-refractivity contribution is -0.143. The van der Waals surface area contributed by atoms with Crippen LogP contribution in [-0.2, 0) is 26.8 Å². The Morgan fingerprint density at radius 2 is 1.85 bits per heavy atom. The lowest BCUT2D eigenvalue weighted by Crippen LogP contribution is -2.31. The molecule has 0 aliphatic rings. The van der Waals surface area contributed by atoms with E-state index in [1.54, 1.807) is 6.92 Å². The maximum Gasteiger partial charge on any atom is 0.325 e. The van der Waals surface area contributed by atoms with Crippen LogP contribution in [0.25, 0.3) is 11.4 Å². The molecule has 146 valence electrons. The van der Waals surface area contributed by atoms with Crippen LogP contribution in [0.5, 0.6) is 0 Å². The number of carbonyl (C=O) groups is 2. The van der Waals surface area contributed by atoms with Crippen LogP contribution in [0.1, 0.15) is 33.3 Å². The summed E-state index contributed by atoms with van der Waals surface area (Å²) < 4.78 is 6.63. The number of hydrogen-bond acceptors (Lipinski definition) is 6. The van der Waals surface area contributed by atoms with Crippen LogP contribution in [0.4, 0.5) is 0 Å². The van der Waals surface area contributed by atoms with Crippen molar-refractivity contribution >= 4 is 23.6 Å². The van der Waals surface area contributed by atoms with Gasteiger partial charge in [-0.3, -0.25) is 9.59 Å². The summed E-state index contributed by atoms with van der Waals surface area (Å²) in [5.74, 6) is 0.182. The van der Waals surface area contributed by atoms with Crippen molar-refractivity contribution in [2.45, 2.75) is 38.3 Å². The SMILES string of the molecule is CCOC(=O)CNC(=O)CSc1nnc(-c2ccc(C(C)(C)C)cc2)n1C. The highest BCUT2D eigenvalue weighted by atomic mass is 32.2. The van der Waals surface area contributed by atoms with Gasteiger partial charge in [0, 0.05) is 12.6 Å². The van der Waals surface area contributed by atoms with E-state index in [9.17, 15) is 9.59 Å². The Labute approximate surface area is 163 Å². The topological polar surface area (TPSA) is 86.1 Å². The molecule has 1 N–H and O–H groups in total. The van der Waals surface area contributed by atoms with Crippen molar-refractivity contribution in [1.82, 2.24) is 20.1 Å². The molecule has 0 spiro atoms. The van der Waals surface area contributed by atoms with E-state index >= 15 is 0 Å². The summed E-state index contributed by atoms with van der Waals surface area (Å²) in [5.41, 5.74) is 2.31. The van der Waals surface area contributed by atoms with Gasteiger partial charge in [0.05, 0.1) is 12.4 Å². The lowest BCUT2D eigenvalue weighted by Gasteiger charge is -2.19. The first-order chi connectivity index (χ1) is 12.7. The maximum absolute atomic E-state index is 11.8. The Kier molecular flexibility index (Phi) is 7.01. The first-order valence-electron chi connectivity index (χ1n) is 8.77. The Bertz CT molecular complexity index is 794. The minimum atomic E-state index is -0.449. The number of ether oxygens (including phenoxy) is 1. The molecule has 1 amide bonds. The number of nitrogens with zero attached hydrogens (tertiary/aromatic N) is 3. The number of hydrogen-bond donors (Lipinski definition) is 1. The predicted octanol–water partition coefficient (Wildman–Crippen LogP) is 2.55. The van der Waals surface area contributed by atoms with Crippen LogP contribution in [-0.4, -0.2) is 45.5 Å². The molecular weight excluding hydrogens is 364 g/mol. The number of amides is 1. The highest BCUT2D eigenvalue weighted by molar-refractivity contribution is 7.99. The quantitative estimate of drug-likeness (QED) is 0.578. The van der Waals surface area contributed by atoms with Crippen LogP contribution in [0, 0.1) is 0 Å². The van der Waals surface area contributed by atoms with Crippen LogP contribution in [0.15, 0.2) is 29.4 Å². The van der Waals surface area contributed by atoms with Gasteiger partial charge in [-0.2, -0.15) is 0 Å². The minimum Gasteiger partial charge on any atom is -0.465 e. The Balaban J connectivity index is 1.97. The molecule has 0 radical (unpaired) electrons. The van der Waals surface area contributed by atoms with E-state index in [4.69, 9.17) is 4.74 Å². The number of nitrogens with one attached hydrogen (secondary N) is 1. The van der Waals surface area contributed by atoms with E-state index in [0.29, 0.717) is 11.8 Å². The van der Waals surface area contributed by atoms with E-state index < -0.39 is 5.97 Å². The number of esters is 1. The first-order valence-corrected chi connectivity index (χ1v) is 9.76. The summed E-state index contributed by atoms with van der Waals surface area (Å²) in [6, 6.07) is 8.26. The molecule has 1 heterocycles. The van der Waals surface area contributed by atoms with Gasteiger partial charge in [0.15, 0.2) is 11.0 Å². The summed E-state index contributed by atoms with van der Waals surface area (Å²) in [6.07, 6.45) is 0. The third-order valence-electron chi connectivity index (χ3n) is 3.91. The van der Waals surface area contributed by atoms with E-state index in [-0.39, 0.29) is 23.6 Å². The molecule has 0 saturated heterocycles. The van der Waals surface area contributed by atoms with E-state index in [1.807, 2.05) is 23.7 Å². The molecule has 2 aromatic rings. The maximum atomic E-state index is 11.8. The Morgan fingerprint density at radius 1 is 1.19 bits per heavy atom. The summed E-state index contributed by atoms with van der Waals surface area (Å²) >= 11 is 1.27. The van der Waals surface area contributed by atoms with Gasteiger partial charge in [0.2, 0.25) is 5.91 Å².